The molecule has 1 aliphatic carbocycles. The first-order valence-electron chi connectivity index (χ1n) is 8.10. The molecule has 2 N–H and O–H groups in total. The average molecular weight is 252 g/mol. The predicted octanol–water partition coefficient (Wildman–Crippen LogP) is 3.33. The van der Waals surface area contributed by atoms with E-state index in [-0.39, 0.29) is 0 Å². The summed E-state index contributed by atoms with van der Waals surface area (Å²) in [6.45, 7) is 9.74. The second-order valence-corrected chi connectivity index (χ2v) is 7.12. The zero-order chi connectivity index (χ0) is 12.9. The smallest absolute Gasteiger partial charge is 0.000899 e. The van der Waals surface area contributed by atoms with E-state index in [2.05, 4.69) is 24.5 Å². The Bertz CT molecular complexity index is 232. The van der Waals surface area contributed by atoms with Gasteiger partial charge in [0.15, 0.2) is 0 Å². The first kappa shape index (κ1) is 14.3. The summed E-state index contributed by atoms with van der Waals surface area (Å²) in [7, 11) is 0. The van der Waals surface area contributed by atoms with Crippen molar-refractivity contribution >= 4 is 0 Å². The fourth-order valence-electron chi connectivity index (χ4n) is 4.04. The van der Waals surface area contributed by atoms with E-state index in [0.29, 0.717) is 10.8 Å². The van der Waals surface area contributed by atoms with Crippen LogP contribution in [0.5, 0.6) is 0 Å². The van der Waals surface area contributed by atoms with Crippen molar-refractivity contribution in [2.75, 3.05) is 26.2 Å². The van der Waals surface area contributed by atoms with Crippen molar-refractivity contribution in [3.63, 3.8) is 0 Å². The van der Waals surface area contributed by atoms with Crippen molar-refractivity contribution in [3.05, 3.63) is 0 Å². The molecule has 2 rings (SSSR count). The Hall–Kier alpha value is -0.0800. The summed E-state index contributed by atoms with van der Waals surface area (Å²) in [5, 5.41) is 7.34. The monoisotopic (exact) mass is 252 g/mol. The van der Waals surface area contributed by atoms with Crippen LogP contribution in [-0.4, -0.2) is 26.2 Å². The lowest BCUT2D eigenvalue weighted by Gasteiger charge is -2.39. The maximum Gasteiger partial charge on any atom is 0.000899 e. The molecule has 1 saturated heterocycles. The van der Waals surface area contributed by atoms with Gasteiger partial charge >= 0.3 is 0 Å². The molecule has 1 aliphatic heterocycles. The van der Waals surface area contributed by atoms with Crippen LogP contribution in [0.15, 0.2) is 0 Å². The van der Waals surface area contributed by atoms with Gasteiger partial charge in [-0.2, -0.15) is 0 Å². The highest BCUT2D eigenvalue weighted by atomic mass is 14.9. The number of hydrogen-bond donors (Lipinski definition) is 2. The van der Waals surface area contributed by atoms with E-state index in [1.165, 1.54) is 77.5 Å². The third-order valence-corrected chi connectivity index (χ3v) is 5.31. The van der Waals surface area contributed by atoms with Gasteiger partial charge in [0.2, 0.25) is 0 Å². The van der Waals surface area contributed by atoms with Gasteiger partial charge in [-0.1, -0.05) is 33.1 Å². The van der Waals surface area contributed by atoms with Gasteiger partial charge in [-0.25, -0.2) is 0 Å². The third-order valence-electron chi connectivity index (χ3n) is 5.31. The van der Waals surface area contributed by atoms with Crippen molar-refractivity contribution in [3.8, 4) is 0 Å². The first-order chi connectivity index (χ1) is 8.68. The molecule has 0 aromatic heterocycles. The second kappa shape index (κ2) is 6.38. The molecule has 0 bridgehead atoms. The van der Waals surface area contributed by atoms with Crippen LogP contribution < -0.4 is 10.6 Å². The summed E-state index contributed by atoms with van der Waals surface area (Å²) < 4.78 is 0. The van der Waals surface area contributed by atoms with Crippen molar-refractivity contribution in [1.82, 2.24) is 10.6 Å². The zero-order valence-electron chi connectivity index (χ0n) is 12.5. The van der Waals surface area contributed by atoms with Crippen LogP contribution in [0.4, 0.5) is 0 Å². The Labute approximate surface area is 113 Å². The first-order valence-corrected chi connectivity index (χ1v) is 8.10. The van der Waals surface area contributed by atoms with Gasteiger partial charge in [0.05, 0.1) is 0 Å². The maximum absolute atomic E-state index is 3.84. The van der Waals surface area contributed by atoms with Crippen molar-refractivity contribution in [2.24, 2.45) is 10.8 Å². The van der Waals surface area contributed by atoms with Gasteiger partial charge in [-0.05, 0) is 56.0 Å². The molecule has 18 heavy (non-hydrogen) atoms. The lowest BCUT2D eigenvalue weighted by molar-refractivity contribution is 0.166. The molecular weight excluding hydrogens is 220 g/mol. The molecular formula is C16H32N2. The SMILES string of the molecule is CCCC1(CNCC2(C)CCCC2)CCNCC1. The second-order valence-electron chi connectivity index (χ2n) is 7.12. The zero-order valence-corrected chi connectivity index (χ0v) is 12.5. The molecule has 0 unspecified atom stereocenters. The highest BCUT2D eigenvalue weighted by Gasteiger charge is 2.33. The minimum Gasteiger partial charge on any atom is -0.317 e. The number of nitrogens with one attached hydrogen (secondary N) is 2. The minimum absolute atomic E-state index is 0.592. The summed E-state index contributed by atoms with van der Waals surface area (Å²) in [4.78, 5) is 0. The van der Waals surface area contributed by atoms with E-state index < -0.39 is 0 Å². The molecule has 1 heterocycles. The summed E-state index contributed by atoms with van der Waals surface area (Å²) in [6, 6.07) is 0. The molecule has 2 nitrogen and oxygen atoms in total. The third kappa shape index (κ3) is 3.71. The van der Waals surface area contributed by atoms with Crippen molar-refractivity contribution in [1.29, 1.82) is 0 Å². The molecule has 2 heteroatoms. The quantitative estimate of drug-likeness (QED) is 0.758. The molecule has 0 radical (unpaired) electrons. The Kier molecular flexibility index (Phi) is 5.08. The molecule has 2 aliphatic rings. The van der Waals surface area contributed by atoms with Gasteiger partial charge < -0.3 is 10.6 Å². The molecule has 0 aromatic rings. The van der Waals surface area contributed by atoms with Crippen LogP contribution in [0.1, 0.15) is 65.2 Å². The Morgan fingerprint density at radius 1 is 1.00 bits per heavy atom. The predicted molar refractivity (Wildman–Crippen MR) is 78.9 cm³/mol. The fraction of sp³-hybridized carbons (Fsp3) is 1.00. The normalized spacial score (nSPS) is 26.3. The molecule has 2 fully saturated rings. The minimum atomic E-state index is 0.592. The van der Waals surface area contributed by atoms with Gasteiger partial charge in [0.1, 0.15) is 0 Å². The van der Waals surface area contributed by atoms with E-state index in [4.69, 9.17) is 0 Å². The summed E-state index contributed by atoms with van der Waals surface area (Å²) >= 11 is 0. The maximum atomic E-state index is 3.84. The standard InChI is InChI=1S/C16H32N2/c1-3-6-16(9-11-17-12-10-16)14-18-13-15(2)7-4-5-8-15/h17-18H,3-14H2,1-2H3. The summed E-state index contributed by atoms with van der Waals surface area (Å²) in [6.07, 6.45) is 11.2. The van der Waals surface area contributed by atoms with E-state index in [9.17, 15) is 0 Å². The average Bonchev–Trinajstić information content (AvgIpc) is 2.78. The topological polar surface area (TPSA) is 24.1 Å². The van der Waals surface area contributed by atoms with Gasteiger partial charge in [-0.15, -0.1) is 0 Å². The van der Waals surface area contributed by atoms with E-state index in [0.717, 1.165) is 0 Å². The van der Waals surface area contributed by atoms with Crippen LogP contribution in [0, 0.1) is 10.8 Å². The Balaban J connectivity index is 1.78. The van der Waals surface area contributed by atoms with Crippen molar-refractivity contribution in [2.45, 2.75) is 65.2 Å². The lowest BCUT2D eigenvalue weighted by atomic mass is 9.75. The molecule has 1 saturated carbocycles. The van der Waals surface area contributed by atoms with Crippen LogP contribution in [-0.2, 0) is 0 Å². The lowest BCUT2D eigenvalue weighted by Crippen LogP contribution is -2.45. The molecule has 0 amide bonds. The molecule has 0 spiro atoms. The van der Waals surface area contributed by atoms with E-state index in [1.54, 1.807) is 0 Å². The molecule has 106 valence electrons. The molecule has 0 aromatic carbocycles. The fourth-order valence-corrected chi connectivity index (χ4v) is 4.04. The molecule has 0 atom stereocenters. The number of piperidine rings is 1. The highest BCUT2D eigenvalue weighted by molar-refractivity contribution is 4.88. The summed E-state index contributed by atoms with van der Waals surface area (Å²) in [5.74, 6) is 0. The van der Waals surface area contributed by atoms with Crippen LogP contribution in [0.25, 0.3) is 0 Å². The van der Waals surface area contributed by atoms with Crippen LogP contribution in [0.3, 0.4) is 0 Å². The number of rotatable bonds is 6. The van der Waals surface area contributed by atoms with E-state index >= 15 is 0 Å². The Morgan fingerprint density at radius 3 is 2.28 bits per heavy atom. The van der Waals surface area contributed by atoms with Crippen LogP contribution >= 0.6 is 0 Å². The van der Waals surface area contributed by atoms with Crippen LogP contribution in [0.2, 0.25) is 0 Å². The van der Waals surface area contributed by atoms with Gasteiger partial charge in [-0.3, -0.25) is 0 Å². The van der Waals surface area contributed by atoms with Gasteiger partial charge in [0.25, 0.3) is 0 Å². The summed E-state index contributed by atoms with van der Waals surface area (Å²) in [5.41, 5.74) is 1.19. The highest BCUT2D eigenvalue weighted by Crippen LogP contribution is 2.38. The van der Waals surface area contributed by atoms with E-state index in [1.807, 2.05) is 0 Å². The number of hydrogen-bond acceptors (Lipinski definition) is 2. The van der Waals surface area contributed by atoms with Crippen molar-refractivity contribution < 1.29 is 0 Å². The Morgan fingerprint density at radius 2 is 1.67 bits per heavy atom. The largest absolute Gasteiger partial charge is 0.317 e. The van der Waals surface area contributed by atoms with Gasteiger partial charge in [0, 0.05) is 13.1 Å².